The van der Waals surface area contributed by atoms with Crippen molar-refractivity contribution in [1.82, 2.24) is 9.97 Å². The molecule has 2 N–H and O–H groups in total. The van der Waals surface area contributed by atoms with E-state index in [1.807, 2.05) is 0 Å². The Hall–Kier alpha value is -1.36. The van der Waals surface area contributed by atoms with Gasteiger partial charge in [0.25, 0.3) is 0 Å². The molecule has 1 aromatic rings. The van der Waals surface area contributed by atoms with E-state index < -0.39 is 12.0 Å². The summed E-state index contributed by atoms with van der Waals surface area (Å²) in [6.45, 7) is 3.60. The van der Waals surface area contributed by atoms with E-state index in [1.54, 1.807) is 13.8 Å². The third-order valence-electron chi connectivity index (χ3n) is 1.88. The minimum absolute atomic E-state index is 0.0689. The molecule has 0 saturated heterocycles. The maximum absolute atomic E-state index is 10.9. The van der Waals surface area contributed by atoms with Crippen LogP contribution in [0, 0.1) is 5.92 Å². The molecule has 15 heavy (non-hydrogen) atoms. The monoisotopic (exact) mass is 229 g/mol. The van der Waals surface area contributed by atoms with Crippen LogP contribution in [0.3, 0.4) is 0 Å². The molecular formula is C9H12ClN3O2. The van der Waals surface area contributed by atoms with Crippen LogP contribution < -0.4 is 5.32 Å². The molecule has 0 aliphatic carbocycles. The number of nitrogens with zero attached hydrogens (tertiary/aromatic N) is 2. The highest BCUT2D eigenvalue weighted by molar-refractivity contribution is 6.31. The van der Waals surface area contributed by atoms with E-state index in [-0.39, 0.29) is 11.1 Å². The van der Waals surface area contributed by atoms with Gasteiger partial charge in [-0.3, -0.25) is 0 Å². The van der Waals surface area contributed by atoms with Gasteiger partial charge in [0.1, 0.15) is 6.04 Å². The lowest BCUT2D eigenvalue weighted by Crippen LogP contribution is -2.34. The average molecular weight is 230 g/mol. The largest absolute Gasteiger partial charge is 0.480 e. The van der Waals surface area contributed by atoms with Gasteiger partial charge in [0.2, 0.25) is 0 Å². The van der Waals surface area contributed by atoms with Crippen molar-refractivity contribution < 1.29 is 9.90 Å². The van der Waals surface area contributed by atoms with Crippen LogP contribution in [0.4, 0.5) is 5.82 Å². The van der Waals surface area contributed by atoms with E-state index in [0.717, 1.165) is 0 Å². The van der Waals surface area contributed by atoms with E-state index >= 15 is 0 Å². The fourth-order valence-corrected chi connectivity index (χ4v) is 1.24. The fraction of sp³-hybridized carbons (Fsp3) is 0.444. The summed E-state index contributed by atoms with van der Waals surface area (Å²) < 4.78 is 0. The molecule has 1 rings (SSSR count). The van der Waals surface area contributed by atoms with Crippen LogP contribution in [0.15, 0.2) is 12.4 Å². The molecule has 0 amide bonds. The minimum Gasteiger partial charge on any atom is -0.480 e. The second-order valence-electron chi connectivity index (χ2n) is 3.40. The molecule has 0 aliphatic heterocycles. The summed E-state index contributed by atoms with van der Waals surface area (Å²) in [5.74, 6) is -0.715. The van der Waals surface area contributed by atoms with Crippen molar-refractivity contribution in [3.05, 3.63) is 17.5 Å². The molecule has 1 heterocycles. The summed E-state index contributed by atoms with van der Waals surface area (Å²) in [4.78, 5) is 18.6. The van der Waals surface area contributed by atoms with Gasteiger partial charge in [0.05, 0.1) is 0 Å². The van der Waals surface area contributed by atoms with E-state index in [9.17, 15) is 4.79 Å². The maximum atomic E-state index is 10.9. The molecule has 0 radical (unpaired) electrons. The first-order chi connectivity index (χ1) is 7.02. The number of halogens is 1. The SMILES string of the molecule is CC(C)C(Nc1nccnc1Cl)C(=O)O. The van der Waals surface area contributed by atoms with Crippen LogP contribution >= 0.6 is 11.6 Å². The number of nitrogens with one attached hydrogen (secondary N) is 1. The van der Waals surface area contributed by atoms with Crippen LogP contribution in [-0.4, -0.2) is 27.1 Å². The minimum atomic E-state index is -0.938. The van der Waals surface area contributed by atoms with Crippen LogP contribution in [0.2, 0.25) is 5.15 Å². The number of rotatable bonds is 4. The molecule has 1 atom stereocenters. The quantitative estimate of drug-likeness (QED) is 0.821. The number of hydrogen-bond acceptors (Lipinski definition) is 4. The molecule has 0 fully saturated rings. The van der Waals surface area contributed by atoms with Crippen LogP contribution in [-0.2, 0) is 4.79 Å². The zero-order chi connectivity index (χ0) is 11.4. The lowest BCUT2D eigenvalue weighted by molar-refractivity contribution is -0.138. The van der Waals surface area contributed by atoms with Gasteiger partial charge in [0, 0.05) is 12.4 Å². The maximum Gasteiger partial charge on any atom is 0.326 e. The predicted molar refractivity (Wildman–Crippen MR) is 56.9 cm³/mol. The highest BCUT2D eigenvalue weighted by Crippen LogP contribution is 2.17. The Kier molecular flexibility index (Phi) is 3.85. The standard InChI is InChI=1S/C9H12ClN3O2/c1-5(2)6(9(14)15)13-8-7(10)11-3-4-12-8/h3-6H,1-2H3,(H,12,13)(H,14,15). The highest BCUT2D eigenvalue weighted by atomic mass is 35.5. The first-order valence-corrected chi connectivity index (χ1v) is 4.86. The number of hydrogen-bond donors (Lipinski definition) is 2. The van der Waals surface area contributed by atoms with Crippen LogP contribution in [0.5, 0.6) is 0 Å². The Morgan fingerprint density at radius 3 is 2.53 bits per heavy atom. The predicted octanol–water partition coefficient (Wildman–Crippen LogP) is 1.65. The van der Waals surface area contributed by atoms with Crippen molar-refractivity contribution in [2.45, 2.75) is 19.9 Å². The first-order valence-electron chi connectivity index (χ1n) is 4.48. The Morgan fingerprint density at radius 1 is 1.47 bits per heavy atom. The molecular weight excluding hydrogens is 218 g/mol. The summed E-state index contributed by atoms with van der Waals surface area (Å²) in [7, 11) is 0. The van der Waals surface area contributed by atoms with E-state index in [1.165, 1.54) is 12.4 Å². The smallest absolute Gasteiger partial charge is 0.326 e. The van der Waals surface area contributed by atoms with Crippen molar-refractivity contribution in [2.75, 3.05) is 5.32 Å². The highest BCUT2D eigenvalue weighted by Gasteiger charge is 2.22. The number of aromatic nitrogens is 2. The van der Waals surface area contributed by atoms with Gasteiger partial charge in [-0.15, -0.1) is 0 Å². The van der Waals surface area contributed by atoms with Gasteiger partial charge in [-0.05, 0) is 5.92 Å². The Morgan fingerprint density at radius 2 is 2.07 bits per heavy atom. The number of carbonyl (C=O) groups is 1. The van der Waals surface area contributed by atoms with Gasteiger partial charge in [0.15, 0.2) is 11.0 Å². The van der Waals surface area contributed by atoms with Gasteiger partial charge in [-0.1, -0.05) is 25.4 Å². The summed E-state index contributed by atoms with van der Waals surface area (Å²) in [6.07, 6.45) is 2.89. The summed E-state index contributed by atoms with van der Waals surface area (Å²) in [6, 6.07) is -0.723. The molecule has 0 aliphatic rings. The number of carboxylic acids is 1. The molecule has 0 aromatic carbocycles. The zero-order valence-corrected chi connectivity index (χ0v) is 9.19. The normalized spacial score (nSPS) is 12.5. The summed E-state index contributed by atoms with van der Waals surface area (Å²) >= 11 is 5.75. The zero-order valence-electron chi connectivity index (χ0n) is 8.44. The van der Waals surface area contributed by atoms with Gasteiger partial charge >= 0.3 is 5.97 Å². The van der Waals surface area contributed by atoms with E-state index in [0.29, 0.717) is 5.82 Å². The number of carboxylic acid groups (broad SMARTS) is 1. The molecule has 0 spiro atoms. The third-order valence-corrected chi connectivity index (χ3v) is 2.16. The van der Waals surface area contributed by atoms with Crippen LogP contribution in [0.1, 0.15) is 13.8 Å². The van der Waals surface area contributed by atoms with Crippen molar-refractivity contribution in [3.8, 4) is 0 Å². The average Bonchev–Trinajstić information content (AvgIpc) is 2.15. The van der Waals surface area contributed by atoms with E-state index in [4.69, 9.17) is 16.7 Å². The topological polar surface area (TPSA) is 75.1 Å². The van der Waals surface area contributed by atoms with Gasteiger partial charge in [-0.2, -0.15) is 0 Å². The van der Waals surface area contributed by atoms with E-state index in [2.05, 4.69) is 15.3 Å². The summed E-state index contributed by atoms with van der Waals surface area (Å²) in [5.41, 5.74) is 0. The molecule has 1 aromatic heterocycles. The van der Waals surface area contributed by atoms with Gasteiger partial charge in [-0.25, -0.2) is 14.8 Å². The molecule has 0 saturated carbocycles. The molecule has 5 nitrogen and oxygen atoms in total. The Bertz CT molecular complexity index is 357. The first kappa shape index (κ1) is 11.7. The van der Waals surface area contributed by atoms with Gasteiger partial charge < -0.3 is 10.4 Å². The van der Waals surface area contributed by atoms with Crippen molar-refractivity contribution in [3.63, 3.8) is 0 Å². The number of aliphatic carboxylic acids is 1. The molecule has 6 heteroatoms. The van der Waals surface area contributed by atoms with Crippen molar-refractivity contribution in [2.24, 2.45) is 5.92 Å². The third kappa shape index (κ3) is 3.06. The lowest BCUT2D eigenvalue weighted by Gasteiger charge is -2.18. The Labute approximate surface area is 92.5 Å². The molecule has 0 bridgehead atoms. The van der Waals surface area contributed by atoms with Crippen molar-refractivity contribution >= 4 is 23.4 Å². The summed E-state index contributed by atoms with van der Waals surface area (Å²) in [5, 5.41) is 11.9. The molecule has 1 unspecified atom stereocenters. The second-order valence-corrected chi connectivity index (χ2v) is 3.76. The molecule has 82 valence electrons. The lowest BCUT2D eigenvalue weighted by atomic mass is 10.1. The fourth-order valence-electron chi connectivity index (χ4n) is 1.08. The van der Waals surface area contributed by atoms with Crippen LogP contribution in [0.25, 0.3) is 0 Å². The second kappa shape index (κ2) is 4.93. The van der Waals surface area contributed by atoms with Crippen molar-refractivity contribution in [1.29, 1.82) is 0 Å². The number of anilines is 1. The Balaban J connectivity index is 2.84.